The molecule has 1 heterocycles. The number of amides is 1. The molecule has 130 valence electrons. The molecule has 1 amide bonds. The molecule has 0 atom stereocenters. The lowest BCUT2D eigenvalue weighted by molar-refractivity contribution is -0.123. The maximum Gasteiger partial charge on any atom is 0.258 e. The number of ketones is 1. The smallest absolute Gasteiger partial charge is 0.258 e. The van der Waals surface area contributed by atoms with E-state index in [4.69, 9.17) is 4.74 Å². The molecule has 0 unspecified atom stereocenters. The first-order valence-electron chi connectivity index (χ1n) is 8.55. The molecule has 1 saturated heterocycles. The third-order valence-electron chi connectivity index (χ3n) is 4.23. The molecule has 2 N–H and O–H groups in total. The summed E-state index contributed by atoms with van der Waals surface area (Å²) in [5.74, 6) is 0.428. The van der Waals surface area contributed by atoms with E-state index >= 15 is 0 Å². The second-order valence-electron chi connectivity index (χ2n) is 6.10. The molecule has 0 spiro atoms. The van der Waals surface area contributed by atoms with Crippen molar-refractivity contribution in [2.75, 3.05) is 19.7 Å². The predicted octanol–water partition coefficient (Wildman–Crippen LogP) is 2.16. The lowest BCUT2D eigenvalue weighted by Gasteiger charge is -2.23. The fraction of sp³-hybridized carbons (Fsp3) is 0.300. The van der Waals surface area contributed by atoms with Crippen molar-refractivity contribution >= 4 is 11.7 Å². The summed E-state index contributed by atoms with van der Waals surface area (Å²) in [6.07, 6.45) is 1.89. The fourth-order valence-electron chi connectivity index (χ4n) is 2.84. The largest absolute Gasteiger partial charge is 0.484 e. The van der Waals surface area contributed by atoms with Gasteiger partial charge >= 0.3 is 0 Å². The number of carbonyl (C=O) groups is 2. The van der Waals surface area contributed by atoms with Gasteiger partial charge in [-0.2, -0.15) is 0 Å². The molecule has 3 rings (SSSR count). The molecule has 0 saturated carbocycles. The van der Waals surface area contributed by atoms with Crippen LogP contribution < -0.4 is 15.4 Å². The lowest BCUT2D eigenvalue weighted by atomic mass is 10.0. The van der Waals surface area contributed by atoms with Crippen LogP contribution in [0.1, 0.15) is 28.8 Å². The van der Waals surface area contributed by atoms with Gasteiger partial charge in [0, 0.05) is 17.2 Å². The van der Waals surface area contributed by atoms with Crippen LogP contribution in [0.2, 0.25) is 0 Å². The SMILES string of the molecule is O=C(COc1ccc(C(=O)c2ccccc2)cc1)NC1CCNCC1. The average Bonchev–Trinajstić information content (AvgIpc) is 2.68. The molecule has 0 aromatic heterocycles. The van der Waals surface area contributed by atoms with Gasteiger partial charge in [0.2, 0.25) is 0 Å². The zero-order valence-electron chi connectivity index (χ0n) is 14.0. The third-order valence-corrected chi connectivity index (χ3v) is 4.23. The van der Waals surface area contributed by atoms with E-state index in [0.29, 0.717) is 16.9 Å². The van der Waals surface area contributed by atoms with Crippen LogP contribution in [-0.2, 0) is 4.79 Å². The van der Waals surface area contributed by atoms with E-state index in [9.17, 15) is 9.59 Å². The van der Waals surface area contributed by atoms with E-state index in [0.717, 1.165) is 25.9 Å². The second-order valence-corrected chi connectivity index (χ2v) is 6.10. The standard InChI is InChI=1S/C20H22N2O3/c23-19(22-17-10-12-21-13-11-17)14-25-18-8-6-16(7-9-18)20(24)15-4-2-1-3-5-15/h1-9,17,21H,10-14H2,(H,22,23). The van der Waals surface area contributed by atoms with Gasteiger partial charge in [-0.05, 0) is 50.2 Å². The minimum absolute atomic E-state index is 0.0179. The van der Waals surface area contributed by atoms with Gasteiger partial charge in [0.15, 0.2) is 12.4 Å². The Morgan fingerprint density at radius 2 is 1.60 bits per heavy atom. The molecule has 2 aromatic rings. The van der Waals surface area contributed by atoms with Crippen LogP contribution in [0.4, 0.5) is 0 Å². The summed E-state index contributed by atoms with van der Waals surface area (Å²) in [6, 6.07) is 16.2. The molecule has 1 aliphatic heterocycles. The fourth-order valence-corrected chi connectivity index (χ4v) is 2.84. The van der Waals surface area contributed by atoms with Crippen molar-refractivity contribution in [3.63, 3.8) is 0 Å². The van der Waals surface area contributed by atoms with Crippen molar-refractivity contribution in [3.8, 4) is 5.75 Å². The first-order valence-corrected chi connectivity index (χ1v) is 8.55. The van der Waals surface area contributed by atoms with Crippen LogP contribution in [0.3, 0.4) is 0 Å². The van der Waals surface area contributed by atoms with Crippen LogP contribution >= 0.6 is 0 Å². The summed E-state index contributed by atoms with van der Waals surface area (Å²) in [4.78, 5) is 24.3. The van der Waals surface area contributed by atoms with E-state index in [1.165, 1.54) is 0 Å². The normalized spacial score (nSPS) is 14.7. The van der Waals surface area contributed by atoms with E-state index < -0.39 is 0 Å². The number of rotatable bonds is 6. The topological polar surface area (TPSA) is 67.4 Å². The average molecular weight is 338 g/mol. The van der Waals surface area contributed by atoms with Gasteiger partial charge < -0.3 is 15.4 Å². The molecule has 25 heavy (non-hydrogen) atoms. The number of hydrogen-bond acceptors (Lipinski definition) is 4. The molecule has 0 radical (unpaired) electrons. The summed E-state index contributed by atoms with van der Waals surface area (Å²) in [6.45, 7) is 1.85. The minimum atomic E-state index is -0.115. The van der Waals surface area contributed by atoms with Crippen molar-refractivity contribution < 1.29 is 14.3 Å². The molecular formula is C20H22N2O3. The van der Waals surface area contributed by atoms with E-state index in [1.807, 2.05) is 18.2 Å². The van der Waals surface area contributed by atoms with Crippen molar-refractivity contribution in [2.45, 2.75) is 18.9 Å². The van der Waals surface area contributed by atoms with Crippen molar-refractivity contribution in [2.24, 2.45) is 0 Å². The Bertz CT molecular complexity index is 707. The van der Waals surface area contributed by atoms with Gasteiger partial charge in [-0.1, -0.05) is 30.3 Å². The number of ether oxygens (including phenoxy) is 1. The van der Waals surface area contributed by atoms with Crippen molar-refractivity contribution in [3.05, 3.63) is 65.7 Å². The Kier molecular flexibility index (Phi) is 5.80. The molecular weight excluding hydrogens is 316 g/mol. The number of nitrogens with one attached hydrogen (secondary N) is 2. The van der Waals surface area contributed by atoms with Crippen LogP contribution in [0.25, 0.3) is 0 Å². The second kappa shape index (κ2) is 8.44. The van der Waals surface area contributed by atoms with Gasteiger partial charge in [0.05, 0.1) is 0 Å². The molecule has 1 aliphatic rings. The molecule has 0 aliphatic carbocycles. The predicted molar refractivity (Wildman–Crippen MR) is 95.8 cm³/mol. The highest BCUT2D eigenvalue weighted by Crippen LogP contribution is 2.15. The number of hydrogen-bond donors (Lipinski definition) is 2. The monoisotopic (exact) mass is 338 g/mol. The summed E-state index contributed by atoms with van der Waals surface area (Å²) in [5, 5.41) is 6.24. The summed E-state index contributed by atoms with van der Waals surface area (Å²) in [7, 11) is 0. The molecule has 0 bridgehead atoms. The quantitative estimate of drug-likeness (QED) is 0.792. The Balaban J connectivity index is 1.50. The minimum Gasteiger partial charge on any atom is -0.484 e. The van der Waals surface area contributed by atoms with Crippen LogP contribution in [0.5, 0.6) is 5.75 Å². The zero-order valence-corrected chi connectivity index (χ0v) is 14.0. The Labute approximate surface area is 147 Å². The number of piperidine rings is 1. The Hall–Kier alpha value is -2.66. The van der Waals surface area contributed by atoms with Gasteiger partial charge in [-0.25, -0.2) is 0 Å². The number of carbonyl (C=O) groups excluding carboxylic acids is 2. The highest BCUT2D eigenvalue weighted by molar-refractivity contribution is 6.08. The van der Waals surface area contributed by atoms with E-state index in [-0.39, 0.29) is 24.3 Å². The molecule has 5 nitrogen and oxygen atoms in total. The highest BCUT2D eigenvalue weighted by atomic mass is 16.5. The van der Waals surface area contributed by atoms with Crippen LogP contribution in [0.15, 0.2) is 54.6 Å². The summed E-state index contributed by atoms with van der Waals surface area (Å²) in [5.41, 5.74) is 1.25. The van der Waals surface area contributed by atoms with Gasteiger partial charge in [-0.3, -0.25) is 9.59 Å². The van der Waals surface area contributed by atoms with Crippen molar-refractivity contribution in [1.29, 1.82) is 0 Å². The Morgan fingerprint density at radius 1 is 0.960 bits per heavy atom. The van der Waals surface area contributed by atoms with Crippen molar-refractivity contribution in [1.82, 2.24) is 10.6 Å². The van der Waals surface area contributed by atoms with E-state index in [2.05, 4.69) is 10.6 Å². The maximum absolute atomic E-state index is 12.3. The first-order chi connectivity index (χ1) is 12.2. The first kappa shape index (κ1) is 17.2. The lowest BCUT2D eigenvalue weighted by Crippen LogP contribution is -2.44. The van der Waals surface area contributed by atoms with Gasteiger partial charge in [-0.15, -0.1) is 0 Å². The van der Waals surface area contributed by atoms with Gasteiger partial charge in [0.25, 0.3) is 5.91 Å². The third kappa shape index (κ3) is 4.90. The van der Waals surface area contributed by atoms with Crippen LogP contribution in [0, 0.1) is 0 Å². The molecule has 1 fully saturated rings. The van der Waals surface area contributed by atoms with E-state index in [1.54, 1.807) is 36.4 Å². The summed E-state index contributed by atoms with van der Waals surface area (Å²) >= 11 is 0. The molecule has 5 heteroatoms. The van der Waals surface area contributed by atoms with Gasteiger partial charge in [0.1, 0.15) is 5.75 Å². The van der Waals surface area contributed by atoms with Crippen LogP contribution in [-0.4, -0.2) is 37.4 Å². The highest BCUT2D eigenvalue weighted by Gasteiger charge is 2.15. The maximum atomic E-state index is 12.3. The number of benzene rings is 2. The summed E-state index contributed by atoms with van der Waals surface area (Å²) < 4.78 is 5.51. The zero-order chi connectivity index (χ0) is 17.5. The Morgan fingerprint density at radius 3 is 2.28 bits per heavy atom. The molecule has 2 aromatic carbocycles.